The molecule has 0 radical (unpaired) electrons. The smallest absolute Gasteiger partial charge is 0.0512 e. The minimum Gasteiger partial charge on any atom is -0.396 e. The average molecular weight is 258 g/mol. The minimum atomic E-state index is -0.311. The number of aliphatic hydroxyl groups is 2. The maximum Gasteiger partial charge on any atom is 0.0512 e. The molecule has 0 aromatic rings. The van der Waals surface area contributed by atoms with E-state index in [2.05, 4.69) is 13.8 Å². The molecular weight excluding hydrogens is 228 g/mol. The van der Waals surface area contributed by atoms with E-state index in [1.165, 1.54) is 12.8 Å². The van der Waals surface area contributed by atoms with Gasteiger partial charge in [0.05, 0.1) is 13.2 Å². The quantitative estimate of drug-likeness (QED) is 0.625. The lowest BCUT2D eigenvalue weighted by Gasteiger charge is -2.36. The summed E-state index contributed by atoms with van der Waals surface area (Å²) < 4.78 is 5.64. The molecule has 1 fully saturated rings. The van der Waals surface area contributed by atoms with Gasteiger partial charge < -0.3 is 14.9 Å². The number of aliphatic hydroxyl groups excluding tert-OH is 2. The van der Waals surface area contributed by atoms with Gasteiger partial charge in [-0.3, -0.25) is 0 Å². The predicted octanol–water partition coefficient (Wildman–Crippen LogP) is 2.60. The SMILES string of the molecule is CC(C)CCOCCC(CO)(CO)C1CCCC1. The van der Waals surface area contributed by atoms with E-state index in [1.54, 1.807) is 0 Å². The number of ether oxygens (including phenoxy) is 1. The first-order chi connectivity index (χ1) is 8.64. The molecular formula is C15H30O3. The molecule has 0 saturated heterocycles. The van der Waals surface area contributed by atoms with E-state index in [0.717, 1.165) is 32.3 Å². The predicted molar refractivity (Wildman–Crippen MR) is 73.5 cm³/mol. The van der Waals surface area contributed by atoms with Gasteiger partial charge in [0, 0.05) is 18.6 Å². The Morgan fingerprint density at radius 3 is 2.22 bits per heavy atom. The highest BCUT2D eigenvalue weighted by Crippen LogP contribution is 2.41. The van der Waals surface area contributed by atoms with Gasteiger partial charge in [-0.1, -0.05) is 26.7 Å². The van der Waals surface area contributed by atoms with Crippen LogP contribution < -0.4 is 0 Å². The Kier molecular flexibility index (Phi) is 7.20. The number of hydrogen-bond acceptors (Lipinski definition) is 3. The molecule has 1 aliphatic carbocycles. The summed E-state index contributed by atoms with van der Waals surface area (Å²) in [7, 11) is 0. The van der Waals surface area contributed by atoms with Crippen LogP contribution in [0.2, 0.25) is 0 Å². The monoisotopic (exact) mass is 258 g/mol. The fraction of sp³-hybridized carbons (Fsp3) is 1.00. The summed E-state index contributed by atoms with van der Waals surface area (Å²) >= 11 is 0. The summed E-state index contributed by atoms with van der Waals surface area (Å²) in [6.07, 6.45) is 6.62. The topological polar surface area (TPSA) is 49.7 Å². The van der Waals surface area contributed by atoms with Crippen molar-refractivity contribution >= 4 is 0 Å². The third-order valence-corrected chi connectivity index (χ3v) is 4.43. The summed E-state index contributed by atoms with van der Waals surface area (Å²) in [4.78, 5) is 0. The molecule has 1 rings (SSSR count). The van der Waals surface area contributed by atoms with Crippen LogP contribution in [0.4, 0.5) is 0 Å². The molecule has 0 atom stereocenters. The van der Waals surface area contributed by atoms with Crippen LogP contribution in [-0.2, 0) is 4.74 Å². The normalized spacial score (nSPS) is 17.8. The number of hydrogen-bond donors (Lipinski definition) is 2. The van der Waals surface area contributed by atoms with Crippen molar-refractivity contribution in [2.24, 2.45) is 17.3 Å². The van der Waals surface area contributed by atoms with Crippen molar-refractivity contribution in [2.75, 3.05) is 26.4 Å². The van der Waals surface area contributed by atoms with Gasteiger partial charge in [-0.05, 0) is 37.5 Å². The fourth-order valence-corrected chi connectivity index (χ4v) is 2.91. The van der Waals surface area contributed by atoms with E-state index in [9.17, 15) is 10.2 Å². The van der Waals surface area contributed by atoms with E-state index in [1.807, 2.05) is 0 Å². The Morgan fingerprint density at radius 1 is 1.11 bits per heavy atom. The summed E-state index contributed by atoms with van der Waals surface area (Å²) in [6, 6.07) is 0. The van der Waals surface area contributed by atoms with E-state index in [4.69, 9.17) is 4.74 Å². The Bertz CT molecular complexity index is 206. The van der Waals surface area contributed by atoms with Crippen molar-refractivity contribution in [1.29, 1.82) is 0 Å². The van der Waals surface area contributed by atoms with Crippen LogP contribution in [0.25, 0.3) is 0 Å². The van der Waals surface area contributed by atoms with Gasteiger partial charge in [0.1, 0.15) is 0 Å². The van der Waals surface area contributed by atoms with Crippen molar-refractivity contribution in [1.82, 2.24) is 0 Å². The molecule has 2 N–H and O–H groups in total. The standard InChI is InChI=1S/C15H30O3/c1-13(2)7-9-18-10-8-15(11-16,12-17)14-5-3-4-6-14/h13-14,16-17H,3-12H2,1-2H3. The fourth-order valence-electron chi connectivity index (χ4n) is 2.91. The van der Waals surface area contributed by atoms with Gasteiger partial charge in [0.2, 0.25) is 0 Å². The summed E-state index contributed by atoms with van der Waals surface area (Å²) in [5.41, 5.74) is -0.311. The van der Waals surface area contributed by atoms with Crippen LogP contribution in [0.1, 0.15) is 52.4 Å². The third-order valence-electron chi connectivity index (χ3n) is 4.43. The van der Waals surface area contributed by atoms with E-state index in [-0.39, 0.29) is 18.6 Å². The molecule has 18 heavy (non-hydrogen) atoms. The highest BCUT2D eigenvalue weighted by atomic mass is 16.5. The second-order valence-corrected chi connectivity index (χ2v) is 6.20. The Labute approximate surface area is 112 Å². The van der Waals surface area contributed by atoms with Crippen LogP contribution in [-0.4, -0.2) is 36.6 Å². The van der Waals surface area contributed by atoms with Crippen molar-refractivity contribution in [3.63, 3.8) is 0 Å². The zero-order valence-electron chi connectivity index (χ0n) is 12.0. The first-order valence-corrected chi connectivity index (χ1v) is 7.44. The van der Waals surface area contributed by atoms with E-state index in [0.29, 0.717) is 18.4 Å². The first kappa shape index (κ1) is 15.9. The summed E-state index contributed by atoms with van der Waals surface area (Å²) in [5, 5.41) is 19.3. The molecule has 1 saturated carbocycles. The zero-order valence-corrected chi connectivity index (χ0v) is 12.0. The van der Waals surface area contributed by atoms with Crippen LogP contribution in [0.15, 0.2) is 0 Å². The average Bonchev–Trinajstić information content (AvgIpc) is 2.88. The third kappa shape index (κ3) is 4.52. The second-order valence-electron chi connectivity index (χ2n) is 6.20. The molecule has 0 unspecified atom stereocenters. The second kappa shape index (κ2) is 8.13. The summed E-state index contributed by atoms with van der Waals surface area (Å²) in [6.45, 7) is 5.99. The molecule has 1 aliphatic rings. The van der Waals surface area contributed by atoms with Gasteiger partial charge in [-0.2, -0.15) is 0 Å². The lowest BCUT2D eigenvalue weighted by atomic mass is 9.73. The number of rotatable bonds is 9. The van der Waals surface area contributed by atoms with Gasteiger partial charge >= 0.3 is 0 Å². The molecule has 108 valence electrons. The molecule has 0 aliphatic heterocycles. The Balaban J connectivity index is 2.32. The molecule has 0 bridgehead atoms. The van der Waals surface area contributed by atoms with Crippen molar-refractivity contribution in [3.8, 4) is 0 Å². The minimum absolute atomic E-state index is 0.0850. The molecule has 0 heterocycles. The van der Waals surface area contributed by atoms with Crippen LogP contribution in [0, 0.1) is 17.3 Å². The van der Waals surface area contributed by atoms with Crippen LogP contribution in [0.5, 0.6) is 0 Å². The Hall–Kier alpha value is -0.120. The first-order valence-electron chi connectivity index (χ1n) is 7.44. The lowest BCUT2D eigenvalue weighted by molar-refractivity contribution is -0.0246. The van der Waals surface area contributed by atoms with Crippen molar-refractivity contribution < 1.29 is 14.9 Å². The molecule has 0 spiro atoms. The van der Waals surface area contributed by atoms with E-state index >= 15 is 0 Å². The van der Waals surface area contributed by atoms with Crippen LogP contribution >= 0.6 is 0 Å². The maximum absolute atomic E-state index is 9.67. The summed E-state index contributed by atoms with van der Waals surface area (Å²) in [5.74, 6) is 1.14. The molecule has 3 heteroatoms. The van der Waals surface area contributed by atoms with Crippen LogP contribution in [0.3, 0.4) is 0 Å². The molecule has 0 amide bonds. The van der Waals surface area contributed by atoms with E-state index < -0.39 is 0 Å². The molecule has 0 aromatic carbocycles. The highest BCUT2D eigenvalue weighted by Gasteiger charge is 2.38. The van der Waals surface area contributed by atoms with Gasteiger partial charge in [0.25, 0.3) is 0 Å². The maximum atomic E-state index is 9.67. The highest BCUT2D eigenvalue weighted by molar-refractivity contribution is 4.88. The van der Waals surface area contributed by atoms with Gasteiger partial charge in [-0.25, -0.2) is 0 Å². The largest absolute Gasteiger partial charge is 0.396 e. The van der Waals surface area contributed by atoms with Gasteiger partial charge in [0.15, 0.2) is 0 Å². The Morgan fingerprint density at radius 2 is 1.72 bits per heavy atom. The zero-order chi connectivity index (χ0) is 13.4. The van der Waals surface area contributed by atoms with Crippen molar-refractivity contribution in [3.05, 3.63) is 0 Å². The van der Waals surface area contributed by atoms with Crippen molar-refractivity contribution in [2.45, 2.75) is 52.4 Å². The lowest BCUT2D eigenvalue weighted by Crippen LogP contribution is -2.38. The molecule has 3 nitrogen and oxygen atoms in total. The van der Waals surface area contributed by atoms with Gasteiger partial charge in [-0.15, -0.1) is 0 Å². The molecule has 0 aromatic heterocycles.